The number of carbonyl (C=O) groups is 1. The van der Waals surface area contributed by atoms with E-state index in [2.05, 4.69) is 10.5 Å². The van der Waals surface area contributed by atoms with Crippen molar-refractivity contribution < 1.29 is 19.2 Å². The average molecular weight is 336 g/mol. The van der Waals surface area contributed by atoms with Crippen LogP contribution in [0.2, 0.25) is 0 Å². The highest BCUT2D eigenvalue weighted by Gasteiger charge is 2.26. The van der Waals surface area contributed by atoms with Crippen LogP contribution in [-0.4, -0.2) is 28.4 Å². The number of thiocarbonyl (C=S) groups is 1. The van der Waals surface area contributed by atoms with Gasteiger partial charge in [-0.2, -0.15) is 0 Å². The molecule has 2 rings (SSSR count). The molecular weight excluding hydrogens is 324 g/mol. The minimum Gasteiger partial charge on any atom is -0.462 e. The van der Waals surface area contributed by atoms with Gasteiger partial charge < -0.3 is 15.2 Å². The Hall–Kier alpha value is -3.01. The Bertz CT molecular complexity index is 726. The summed E-state index contributed by atoms with van der Waals surface area (Å²) in [4.78, 5) is 21.8. The van der Waals surface area contributed by atoms with Gasteiger partial charge in [0.25, 0.3) is 5.69 Å². The summed E-state index contributed by atoms with van der Waals surface area (Å²) < 4.78 is 10.3. The van der Waals surface area contributed by atoms with Crippen molar-refractivity contribution in [3.8, 4) is 0 Å². The lowest BCUT2D eigenvalue weighted by Crippen LogP contribution is -2.25. The van der Waals surface area contributed by atoms with Crippen LogP contribution in [0.4, 0.5) is 5.69 Å². The Morgan fingerprint density at radius 3 is 2.65 bits per heavy atom. The van der Waals surface area contributed by atoms with Gasteiger partial charge >= 0.3 is 5.97 Å². The molecule has 1 aromatic rings. The summed E-state index contributed by atoms with van der Waals surface area (Å²) in [6.07, 6.45) is 0. The van der Waals surface area contributed by atoms with E-state index in [1.54, 1.807) is 6.92 Å². The van der Waals surface area contributed by atoms with E-state index in [0.29, 0.717) is 5.56 Å². The number of nitro benzene ring substituents is 1. The normalized spacial score (nSPS) is 15.1. The molecule has 0 saturated carbocycles. The van der Waals surface area contributed by atoms with E-state index in [1.165, 1.54) is 24.3 Å². The topological polar surface area (TPSA) is 129 Å². The molecule has 1 heterocycles. The van der Waals surface area contributed by atoms with Crippen LogP contribution >= 0.6 is 12.2 Å². The third kappa shape index (κ3) is 3.61. The van der Waals surface area contributed by atoms with Gasteiger partial charge in [-0.1, -0.05) is 12.2 Å². The molecule has 1 aliphatic rings. The molecule has 23 heavy (non-hydrogen) atoms. The second-order valence-electron chi connectivity index (χ2n) is 4.22. The second-order valence-corrected chi connectivity index (χ2v) is 4.66. The number of hydrogen-bond acceptors (Lipinski definition) is 8. The summed E-state index contributed by atoms with van der Waals surface area (Å²) in [5.74, 6) is -0.667. The number of non-ortho nitro benzene ring substituents is 1. The lowest BCUT2D eigenvalue weighted by molar-refractivity contribution is -0.384. The first-order valence-corrected chi connectivity index (χ1v) is 6.82. The van der Waals surface area contributed by atoms with Gasteiger partial charge in [0.15, 0.2) is 5.57 Å². The lowest BCUT2D eigenvalue weighted by atomic mass is 10.2. The molecule has 0 saturated heterocycles. The van der Waals surface area contributed by atoms with Gasteiger partial charge in [-0.05, 0) is 19.1 Å². The molecule has 9 nitrogen and oxygen atoms in total. The minimum absolute atomic E-state index is 0.0516. The molecule has 0 fully saturated rings. The first-order chi connectivity index (χ1) is 10.9. The summed E-state index contributed by atoms with van der Waals surface area (Å²) in [5.41, 5.74) is 8.29. The number of hydrogen-bond donors (Lipinski definition) is 2. The Morgan fingerprint density at radius 1 is 1.48 bits per heavy atom. The summed E-state index contributed by atoms with van der Waals surface area (Å²) >= 11 is 4.82. The van der Waals surface area contributed by atoms with Crippen molar-refractivity contribution in [3.63, 3.8) is 0 Å². The van der Waals surface area contributed by atoms with E-state index >= 15 is 0 Å². The molecule has 1 aliphatic heterocycles. The van der Waals surface area contributed by atoms with E-state index in [-0.39, 0.29) is 34.6 Å². The number of nitrogens with zero attached hydrogens (tertiary/aromatic N) is 2. The third-order valence-electron chi connectivity index (χ3n) is 2.74. The fraction of sp³-hybridized carbons (Fsp3) is 0.154. The number of nitrogens with one attached hydrogen (secondary N) is 1. The fourth-order valence-corrected chi connectivity index (χ4v) is 1.88. The first kappa shape index (κ1) is 16.4. The van der Waals surface area contributed by atoms with Gasteiger partial charge in [0.05, 0.1) is 11.5 Å². The van der Waals surface area contributed by atoms with E-state index in [1.807, 2.05) is 0 Å². The molecule has 0 radical (unpaired) electrons. The van der Waals surface area contributed by atoms with Crippen LogP contribution in [0.25, 0.3) is 0 Å². The number of benzene rings is 1. The Labute approximate surface area is 135 Å². The molecule has 3 N–H and O–H groups in total. The smallest absolute Gasteiger partial charge is 0.346 e. The van der Waals surface area contributed by atoms with Gasteiger partial charge in [0, 0.05) is 17.7 Å². The highest BCUT2D eigenvalue weighted by atomic mass is 32.1. The first-order valence-electron chi connectivity index (χ1n) is 6.41. The standard InChI is InChI=1S/C13H12N4O5S/c1-2-21-13(18)9(10(14)23)12-16-15-11(22-12)7-3-5-8(6-4-7)17(19)20/h3-6,16H,2H2,1H3,(H2,14,23). The minimum atomic E-state index is -0.734. The van der Waals surface area contributed by atoms with Crippen LogP contribution in [0.3, 0.4) is 0 Å². The zero-order valence-electron chi connectivity index (χ0n) is 11.9. The maximum atomic E-state index is 11.8. The highest BCUT2D eigenvalue weighted by molar-refractivity contribution is 7.80. The van der Waals surface area contributed by atoms with Crippen molar-refractivity contribution in [3.05, 3.63) is 51.4 Å². The summed E-state index contributed by atoms with van der Waals surface area (Å²) in [7, 11) is 0. The second kappa shape index (κ2) is 6.83. The van der Waals surface area contributed by atoms with Crippen LogP contribution < -0.4 is 11.2 Å². The average Bonchev–Trinajstić information content (AvgIpc) is 2.96. The molecule has 0 amide bonds. The molecular formula is C13H12N4O5S. The number of nitrogens with two attached hydrogens (primary N) is 1. The number of nitro groups is 1. The summed E-state index contributed by atoms with van der Waals surface area (Å²) in [6, 6.07) is 5.55. The van der Waals surface area contributed by atoms with E-state index in [4.69, 9.17) is 27.4 Å². The van der Waals surface area contributed by atoms with Crippen molar-refractivity contribution in [1.82, 2.24) is 5.43 Å². The maximum Gasteiger partial charge on any atom is 0.346 e. The van der Waals surface area contributed by atoms with Crippen molar-refractivity contribution in [2.45, 2.75) is 6.92 Å². The van der Waals surface area contributed by atoms with Gasteiger partial charge in [-0.3, -0.25) is 10.1 Å². The van der Waals surface area contributed by atoms with E-state index in [0.717, 1.165) is 0 Å². The zero-order chi connectivity index (χ0) is 17.0. The van der Waals surface area contributed by atoms with Crippen LogP contribution in [0.15, 0.2) is 40.8 Å². The molecule has 0 aromatic heterocycles. The van der Waals surface area contributed by atoms with Crippen LogP contribution in [0.5, 0.6) is 0 Å². The molecule has 0 bridgehead atoms. The number of rotatable bonds is 5. The van der Waals surface area contributed by atoms with Crippen molar-refractivity contribution >= 4 is 34.8 Å². The lowest BCUT2D eigenvalue weighted by Gasteiger charge is -2.08. The summed E-state index contributed by atoms with van der Waals surface area (Å²) in [6.45, 7) is 1.79. The molecule has 1 aromatic carbocycles. The quantitative estimate of drug-likeness (QED) is 0.267. The zero-order valence-corrected chi connectivity index (χ0v) is 12.8. The molecule has 0 spiro atoms. The van der Waals surface area contributed by atoms with Crippen molar-refractivity contribution in [2.75, 3.05) is 6.61 Å². The SMILES string of the molecule is CCOC(=O)C(C(N)=S)=C1NN=C(c2ccc([N+](=O)[O-])cc2)O1. The molecule has 0 aliphatic carbocycles. The Morgan fingerprint density at radius 2 is 2.13 bits per heavy atom. The largest absolute Gasteiger partial charge is 0.462 e. The van der Waals surface area contributed by atoms with E-state index in [9.17, 15) is 14.9 Å². The molecule has 120 valence electrons. The van der Waals surface area contributed by atoms with E-state index < -0.39 is 10.9 Å². The number of hydrazone groups is 1. The van der Waals surface area contributed by atoms with Gasteiger partial charge in [0.2, 0.25) is 11.8 Å². The third-order valence-corrected chi connectivity index (χ3v) is 2.94. The number of carbonyl (C=O) groups excluding carboxylic acids is 1. The van der Waals surface area contributed by atoms with Crippen molar-refractivity contribution in [1.29, 1.82) is 0 Å². The molecule has 0 unspecified atom stereocenters. The van der Waals surface area contributed by atoms with Gasteiger partial charge in [-0.15, -0.1) is 5.10 Å². The predicted molar refractivity (Wildman–Crippen MR) is 84.3 cm³/mol. The van der Waals surface area contributed by atoms with Crippen molar-refractivity contribution in [2.24, 2.45) is 10.8 Å². The monoisotopic (exact) mass is 336 g/mol. The summed E-state index contributed by atoms with van der Waals surface area (Å²) in [5, 5.41) is 14.5. The number of esters is 1. The van der Waals surface area contributed by atoms with Crippen LogP contribution in [-0.2, 0) is 14.3 Å². The highest BCUT2D eigenvalue weighted by Crippen LogP contribution is 2.18. The fourth-order valence-electron chi connectivity index (χ4n) is 1.71. The molecule has 0 atom stereocenters. The Kier molecular flexibility index (Phi) is 4.86. The predicted octanol–water partition coefficient (Wildman–Crippen LogP) is 0.937. The van der Waals surface area contributed by atoms with Crippen LogP contribution in [0, 0.1) is 10.1 Å². The van der Waals surface area contributed by atoms with Crippen LogP contribution in [0.1, 0.15) is 12.5 Å². The maximum absolute atomic E-state index is 11.8. The van der Waals surface area contributed by atoms with Gasteiger partial charge in [0.1, 0.15) is 4.99 Å². The Balaban J connectivity index is 2.24. The van der Waals surface area contributed by atoms with Gasteiger partial charge in [-0.25, -0.2) is 10.2 Å². The molecule has 10 heteroatoms. The number of ether oxygens (including phenoxy) is 2.